The number of hydrogen-bond donors (Lipinski definition) is 3. The monoisotopic (exact) mass is 493 g/mol. The second kappa shape index (κ2) is 9.19. The number of nitrogens with two attached hydrogens (primary N) is 1. The van der Waals surface area contributed by atoms with E-state index in [9.17, 15) is 4.79 Å². The van der Waals surface area contributed by atoms with Crippen LogP contribution in [-0.4, -0.2) is 36.7 Å². The lowest BCUT2D eigenvalue weighted by atomic mass is 10.1. The zero-order chi connectivity index (χ0) is 22.0. The maximum atomic E-state index is 12.2. The average molecular weight is 495 g/mol. The van der Waals surface area contributed by atoms with Crippen LogP contribution in [0.3, 0.4) is 0 Å². The van der Waals surface area contributed by atoms with E-state index >= 15 is 0 Å². The zero-order valence-electron chi connectivity index (χ0n) is 15.6. The Balaban J connectivity index is 1.42. The van der Waals surface area contributed by atoms with E-state index in [2.05, 4.69) is 25.7 Å². The Morgan fingerprint density at radius 3 is 2.58 bits per heavy atom. The van der Waals surface area contributed by atoms with E-state index in [1.165, 1.54) is 4.68 Å². The van der Waals surface area contributed by atoms with Crippen molar-refractivity contribution in [1.29, 1.82) is 0 Å². The Kier molecular flexibility index (Phi) is 6.38. The summed E-state index contributed by atoms with van der Waals surface area (Å²) < 4.78 is 1.30. The van der Waals surface area contributed by atoms with Gasteiger partial charge in [-0.3, -0.25) is 9.89 Å². The number of thioether (sulfide) groups is 1. The summed E-state index contributed by atoms with van der Waals surface area (Å²) in [5.41, 5.74) is 2.74. The number of amides is 1. The van der Waals surface area contributed by atoms with Gasteiger partial charge in [0, 0.05) is 16.3 Å². The largest absolute Gasteiger partial charge is 0.335 e. The van der Waals surface area contributed by atoms with Crippen LogP contribution in [0.5, 0.6) is 0 Å². The molecule has 2 aromatic heterocycles. The highest BCUT2D eigenvalue weighted by Gasteiger charge is 2.16. The van der Waals surface area contributed by atoms with Crippen molar-refractivity contribution < 1.29 is 4.79 Å². The molecule has 158 valence electrons. The fourth-order valence-electron chi connectivity index (χ4n) is 2.66. The van der Waals surface area contributed by atoms with Crippen molar-refractivity contribution in [3.63, 3.8) is 0 Å². The predicted molar refractivity (Wildman–Crippen MR) is 124 cm³/mol. The van der Waals surface area contributed by atoms with Gasteiger partial charge in [-0.2, -0.15) is 5.10 Å². The van der Waals surface area contributed by atoms with E-state index < -0.39 is 0 Å². The van der Waals surface area contributed by atoms with Gasteiger partial charge in [0.15, 0.2) is 0 Å². The minimum Gasteiger partial charge on any atom is -0.335 e. The Hall–Kier alpha value is -2.72. The number of carbonyl (C=O) groups excluding carboxylic acids is 1. The van der Waals surface area contributed by atoms with Gasteiger partial charge in [0.25, 0.3) is 0 Å². The van der Waals surface area contributed by atoms with Crippen molar-refractivity contribution in [1.82, 2.24) is 25.1 Å². The number of halogens is 3. The van der Waals surface area contributed by atoms with Crippen molar-refractivity contribution in [2.45, 2.75) is 5.16 Å². The van der Waals surface area contributed by atoms with Crippen molar-refractivity contribution >= 4 is 58.2 Å². The third-order valence-corrected chi connectivity index (χ3v) is 6.09. The molecule has 4 rings (SSSR count). The van der Waals surface area contributed by atoms with Crippen LogP contribution in [0.25, 0.3) is 22.8 Å². The summed E-state index contributed by atoms with van der Waals surface area (Å²) in [6.45, 7) is 0. The van der Waals surface area contributed by atoms with Crippen LogP contribution >= 0.6 is 46.6 Å². The lowest BCUT2D eigenvalue weighted by molar-refractivity contribution is -0.113. The Bertz CT molecular complexity index is 1240. The molecule has 0 bridgehead atoms. The number of anilines is 1. The number of nitrogens with zero attached hydrogens (tertiary/aromatic N) is 4. The first-order chi connectivity index (χ1) is 14.9. The molecule has 0 saturated carbocycles. The summed E-state index contributed by atoms with van der Waals surface area (Å²) in [6.07, 6.45) is 0. The summed E-state index contributed by atoms with van der Waals surface area (Å²) in [5.74, 6) is 6.34. The Morgan fingerprint density at radius 1 is 1.06 bits per heavy atom. The minimum atomic E-state index is -0.250. The van der Waals surface area contributed by atoms with Crippen molar-refractivity contribution in [3.8, 4) is 22.8 Å². The highest BCUT2D eigenvalue weighted by molar-refractivity contribution is 7.99. The molecule has 8 nitrogen and oxygen atoms in total. The highest BCUT2D eigenvalue weighted by Crippen LogP contribution is 2.27. The molecule has 0 spiro atoms. The van der Waals surface area contributed by atoms with Crippen LogP contribution < -0.4 is 11.2 Å². The number of rotatable bonds is 6. The van der Waals surface area contributed by atoms with Crippen LogP contribution in [0.1, 0.15) is 0 Å². The lowest BCUT2D eigenvalue weighted by Crippen LogP contribution is -2.16. The van der Waals surface area contributed by atoms with Crippen LogP contribution in [0.15, 0.2) is 53.7 Å². The van der Waals surface area contributed by atoms with Gasteiger partial charge in [-0.05, 0) is 36.4 Å². The molecule has 0 aliphatic carbocycles. The number of H-pyrrole nitrogens is 1. The second-order valence-corrected chi connectivity index (χ2v) is 8.51. The predicted octanol–water partition coefficient (Wildman–Crippen LogP) is 4.74. The molecule has 12 heteroatoms. The Labute approximate surface area is 196 Å². The Morgan fingerprint density at radius 2 is 1.84 bits per heavy atom. The minimum absolute atomic E-state index is 0.0780. The normalized spacial score (nSPS) is 10.9. The maximum absolute atomic E-state index is 12.2. The number of carbonyl (C=O) groups is 1. The number of benzene rings is 2. The van der Waals surface area contributed by atoms with Crippen molar-refractivity contribution in [3.05, 3.63) is 63.6 Å². The molecule has 31 heavy (non-hydrogen) atoms. The van der Waals surface area contributed by atoms with E-state index in [0.717, 1.165) is 17.3 Å². The van der Waals surface area contributed by atoms with Gasteiger partial charge in [-0.15, -0.1) is 10.2 Å². The fraction of sp³-hybridized carbons (Fsp3) is 0.0526. The van der Waals surface area contributed by atoms with Gasteiger partial charge in [-0.1, -0.05) is 58.7 Å². The van der Waals surface area contributed by atoms with Gasteiger partial charge in [0.2, 0.25) is 16.9 Å². The average Bonchev–Trinajstić information content (AvgIpc) is 3.36. The van der Waals surface area contributed by atoms with E-state index in [1.807, 2.05) is 18.2 Å². The van der Waals surface area contributed by atoms with E-state index in [-0.39, 0.29) is 11.7 Å². The first-order valence-corrected chi connectivity index (χ1v) is 10.9. The quantitative estimate of drug-likeness (QED) is 0.263. The summed E-state index contributed by atoms with van der Waals surface area (Å²) in [4.78, 5) is 12.2. The fourth-order valence-corrected chi connectivity index (χ4v) is 3.75. The zero-order valence-corrected chi connectivity index (χ0v) is 18.7. The highest BCUT2D eigenvalue weighted by atomic mass is 35.5. The molecule has 0 unspecified atom stereocenters. The molecule has 0 aliphatic heterocycles. The van der Waals surface area contributed by atoms with Gasteiger partial charge in [0.05, 0.1) is 21.5 Å². The summed E-state index contributed by atoms with van der Waals surface area (Å²) in [7, 11) is 0. The first kappa shape index (κ1) is 21.5. The maximum Gasteiger partial charge on any atom is 0.234 e. The third kappa shape index (κ3) is 4.96. The van der Waals surface area contributed by atoms with Gasteiger partial charge in [0.1, 0.15) is 5.69 Å². The van der Waals surface area contributed by atoms with Gasteiger partial charge < -0.3 is 11.2 Å². The molecule has 4 N–H and O–H groups in total. The number of aromatic amines is 1. The topological polar surface area (TPSA) is 115 Å². The molecule has 0 saturated heterocycles. The molecule has 0 fully saturated rings. The molecule has 2 heterocycles. The third-order valence-electron chi connectivity index (χ3n) is 4.16. The number of nitrogen functional groups attached to an aromatic ring is 1. The first-order valence-electron chi connectivity index (χ1n) is 8.80. The van der Waals surface area contributed by atoms with Crippen LogP contribution in [0, 0.1) is 0 Å². The van der Waals surface area contributed by atoms with Crippen molar-refractivity contribution in [2.75, 3.05) is 16.9 Å². The summed E-state index contributed by atoms with van der Waals surface area (Å²) in [5, 5.41) is 19.9. The SMILES string of the molecule is Nn1c(SCC(=O)Nc2ccc(Cl)c(Cl)c2)nnc1-c1cc(-c2ccc(Cl)cc2)n[nH]1. The van der Waals surface area contributed by atoms with Crippen molar-refractivity contribution in [2.24, 2.45) is 0 Å². The molecule has 1 amide bonds. The standard InChI is InChI=1S/C19H14Cl3N7OS/c20-11-3-1-10(2-4-11)15-8-16(26-25-15)18-27-28-19(29(18)23)31-9-17(30)24-12-5-6-13(21)14(22)7-12/h1-8H,9,23H2,(H,24,30)(H,25,26). The molecule has 2 aromatic carbocycles. The van der Waals surface area contributed by atoms with Crippen LogP contribution in [0.4, 0.5) is 5.69 Å². The number of nitrogens with one attached hydrogen (secondary N) is 2. The van der Waals surface area contributed by atoms with E-state index in [0.29, 0.717) is 43.1 Å². The number of aromatic nitrogens is 5. The molecule has 0 radical (unpaired) electrons. The molecule has 0 atom stereocenters. The molecular formula is C19H14Cl3N7OS. The van der Waals surface area contributed by atoms with Gasteiger partial charge >= 0.3 is 0 Å². The smallest absolute Gasteiger partial charge is 0.234 e. The summed E-state index contributed by atoms with van der Waals surface area (Å²) >= 11 is 18.9. The molecule has 0 aliphatic rings. The second-order valence-electron chi connectivity index (χ2n) is 6.32. The van der Waals surface area contributed by atoms with Gasteiger partial charge in [-0.25, -0.2) is 4.68 Å². The van der Waals surface area contributed by atoms with E-state index in [1.54, 1.807) is 30.3 Å². The number of hydrogen-bond acceptors (Lipinski definition) is 6. The molecular weight excluding hydrogens is 481 g/mol. The van der Waals surface area contributed by atoms with Crippen LogP contribution in [0.2, 0.25) is 15.1 Å². The van der Waals surface area contributed by atoms with E-state index in [4.69, 9.17) is 40.6 Å². The van der Waals surface area contributed by atoms with Crippen LogP contribution in [-0.2, 0) is 4.79 Å². The summed E-state index contributed by atoms with van der Waals surface area (Å²) in [6, 6.07) is 14.0. The molecule has 4 aromatic rings. The lowest BCUT2D eigenvalue weighted by Gasteiger charge is -2.06.